The summed E-state index contributed by atoms with van der Waals surface area (Å²) in [6.07, 6.45) is 2.36. The topological polar surface area (TPSA) is 52.1 Å². The van der Waals surface area contributed by atoms with E-state index in [2.05, 4.69) is 9.97 Å². The molecule has 4 nitrogen and oxygen atoms in total. The fraction of sp³-hybridized carbons (Fsp3) is 0.182. The molecule has 0 spiro atoms. The van der Waals surface area contributed by atoms with Crippen molar-refractivity contribution in [1.29, 1.82) is 0 Å². The first-order valence-corrected chi connectivity index (χ1v) is 5.77. The van der Waals surface area contributed by atoms with E-state index in [1.807, 2.05) is 0 Å². The molecule has 88 valence electrons. The van der Waals surface area contributed by atoms with Crippen molar-refractivity contribution in [2.75, 3.05) is 6.61 Å². The van der Waals surface area contributed by atoms with Crippen molar-refractivity contribution in [3.8, 4) is 10.6 Å². The summed E-state index contributed by atoms with van der Waals surface area (Å²) in [4.78, 5) is 19.9. The van der Waals surface area contributed by atoms with Crippen LogP contribution >= 0.6 is 11.3 Å². The van der Waals surface area contributed by atoms with Gasteiger partial charge in [-0.05, 0) is 19.1 Å². The van der Waals surface area contributed by atoms with E-state index in [9.17, 15) is 9.18 Å². The van der Waals surface area contributed by atoms with E-state index in [0.717, 1.165) is 17.5 Å². The van der Waals surface area contributed by atoms with Crippen molar-refractivity contribution in [2.24, 2.45) is 0 Å². The minimum atomic E-state index is -0.509. The average Bonchev–Trinajstić information content (AvgIpc) is 2.79. The summed E-state index contributed by atoms with van der Waals surface area (Å²) in [5, 5.41) is 0. The Morgan fingerprint density at radius 1 is 1.53 bits per heavy atom. The van der Waals surface area contributed by atoms with Crippen LogP contribution in [-0.2, 0) is 4.74 Å². The molecule has 0 unspecified atom stereocenters. The molecule has 0 aliphatic heterocycles. The maximum atomic E-state index is 13.4. The zero-order valence-electron chi connectivity index (χ0n) is 9.01. The van der Waals surface area contributed by atoms with Crippen LogP contribution < -0.4 is 0 Å². The Morgan fingerprint density at radius 3 is 3.06 bits per heavy atom. The van der Waals surface area contributed by atoms with Gasteiger partial charge in [0.05, 0.1) is 17.7 Å². The highest BCUT2D eigenvalue weighted by Crippen LogP contribution is 2.28. The molecule has 0 saturated heterocycles. The lowest BCUT2D eigenvalue weighted by Crippen LogP contribution is -2.01. The third-order valence-electron chi connectivity index (χ3n) is 1.98. The fourth-order valence-electron chi connectivity index (χ4n) is 1.27. The van der Waals surface area contributed by atoms with Crippen LogP contribution in [0.25, 0.3) is 10.6 Å². The molecule has 2 rings (SSSR count). The van der Waals surface area contributed by atoms with Gasteiger partial charge in [0.2, 0.25) is 0 Å². The van der Waals surface area contributed by atoms with E-state index in [0.29, 0.717) is 16.4 Å². The number of carbonyl (C=O) groups excluding carboxylic acids is 1. The molecule has 2 aromatic rings. The lowest BCUT2D eigenvalue weighted by molar-refractivity contribution is 0.0532. The molecular weight excluding hydrogens is 243 g/mol. The Morgan fingerprint density at radius 2 is 2.35 bits per heavy atom. The number of esters is 1. The number of hydrogen-bond acceptors (Lipinski definition) is 5. The molecule has 0 bridgehead atoms. The molecule has 0 radical (unpaired) electrons. The number of thiophene rings is 1. The largest absolute Gasteiger partial charge is 0.462 e. The standard InChI is InChI=1S/C11H9FN2O2S/c1-2-16-11(15)9-4-3-8(17-9)10-7(12)5-13-6-14-10/h3-6H,2H2,1H3. The van der Waals surface area contributed by atoms with E-state index in [4.69, 9.17) is 4.74 Å². The molecule has 0 amide bonds. The van der Waals surface area contributed by atoms with Crippen LogP contribution in [0.4, 0.5) is 4.39 Å². The van der Waals surface area contributed by atoms with Crippen LogP contribution in [0.5, 0.6) is 0 Å². The van der Waals surface area contributed by atoms with Crippen molar-refractivity contribution in [1.82, 2.24) is 9.97 Å². The van der Waals surface area contributed by atoms with Crippen LogP contribution in [-0.4, -0.2) is 22.5 Å². The van der Waals surface area contributed by atoms with Crippen molar-refractivity contribution >= 4 is 17.3 Å². The maximum Gasteiger partial charge on any atom is 0.348 e. The van der Waals surface area contributed by atoms with Crippen molar-refractivity contribution in [3.63, 3.8) is 0 Å². The Kier molecular flexibility index (Phi) is 3.43. The first-order chi connectivity index (χ1) is 8.22. The number of nitrogens with zero attached hydrogens (tertiary/aromatic N) is 2. The molecule has 0 aliphatic carbocycles. The zero-order chi connectivity index (χ0) is 12.3. The summed E-state index contributed by atoms with van der Waals surface area (Å²) in [7, 11) is 0. The summed E-state index contributed by atoms with van der Waals surface area (Å²) in [5.74, 6) is -0.914. The van der Waals surface area contributed by atoms with Gasteiger partial charge in [0.1, 0.15) is 16.9 Å². The molecule has 6 heteroatoms. The second-order valence-corrected chi connectivity index (χ2v) is 4.19. The Bertz CT molecular complexity index is 542. The maximum absolute atomic E-state index is 13.4. The molecule has 17 heavy (non-hydrogen) atoms. The minimum absolute atomic E-state index is 0.195. The lowest BCUT2D eigenvalue weighted by Gasteiger charge is -1.98. The molecule has 0 saturated carbocycles. The predicted octanol–water partition coefficient (Wildman–Crippen LogP) is 2.52. The second-order valence-electron chi connectivity index (χ2n) is 3.10. The number of rotatable bonds is 3. The van der Waals surface area contributed by atoms with Gasteiger partial charge in [-0.15, -0.1) is 11.3 Å². The van der Waals surface area contributed by atoms with Crippen LogP contribution in [0, 0.1) is 5.82 Å². The SMILES string of the molecule is CCOC(=O)c1ccc(-c2ncncc2F)s1. The summed E-state index contributed by atoms with van der Waals surface area (Å²) in [6.45, 7) is 2.05. The first kappa shape index (κ1) is 11.7. The highest BCUT2D eigenvalue weighted by Gasteiger charge is 2.14. The molecule has 0 atom stereocenters. The Labute approximate surface area is 101 Å². The molecule has 2 aromatic heterocycles. The van der Waals surface area contributed by atoms with Gasteiger partial charge in [-0.2, -0.15) is 0 Å². The monoisotopic (exact) mass is 252 g/mol. The summed E-state index contributed by atoms with van der Waals surface area (Å²) in [6, 6.07) is 3.24. The summed E-state index contributed by atoms with van der Waals surface area (Å²) < 4.78 is 18.3. The van der Waals surface area contributed by atoms with Crippen LogP contribution in [0.1, 0.15) is 16.6 Å². The quantitative estimate of drug-likeness (QED) is 0.788. The van der Waals surface area contributed by atoms with E-state index in [-0.39, 0.29) is 5.69 Å². The zero-order valence-corrected chi connectivity index (χ0v) is 9.83. The Balaban J connectivity index is 2.30. The van der Waals surface area contributed by atoms with Crippen molar-refractivity contribution in [3.05, 3.63) is 35.4 Å². The summed E-state index contributed by atoms with van der Waals surface area (Å²) >= 11 is 1.14. The van der Waals surface area contributed by atoms with E-state index in [1.165, 1.54) is 6.33 Å². The van der Waals surface area contributed by atoms with Gasteiger partial charge in [-0.25, -0.2) is 19.2 Å². The van der Waals surface area contributed by atoms with E-state index >= 15 is 0 Å². The smallest absolute Gasteiger partial charge is 0.348 e. The van der Waals surface area contributed by atoms with Gasteiger partial charge in [-0.1, -0.05) is 0 Å². The van der Waals surface area contributed by atoms with Gasteiger partial charge in [0.15, 0.2) is 5.82 Å². The average molecular weight is 252 g/mol. The van der Waals surface area contributed by atoms with Gasteiger partial charge in [0, 0.05) is 0 Å². The van der Waals surface area contributed by atoms with Crippen LogP contribution in [0.2, 0.25) is 0 Å². The third-order valence-corrected chi connectivity index (χ3v) is 3.06. The molecular formula is C11H9FN2O2S. The highest BCUT2D eigenvalue weighted by atomic mass is 32.1. The van der Waals surface area contributed by atoms with Crippen molar-refractivity contribution < 1.29 is 13.9 Å². The molecule has 2 heterocycles. The fourth-order valence-corrected chi connectivity index (χ4v) is 2.17. The minimum Gasteiger partial charge on any atom is -0.462 e. The summed E-state index contributed by atoms with van der Waals surface area (Å²) in [5.41, 5.74) is 0.195. The first-order valence-electron chi connectivity index (χ1n) is 4.95. The van der Waals surface area contributed by atoms with Crippen LogP contribution in [0.15, 0.2) is 24.7 Å². The van der Waals surface area contributed by atoms with Gasteiger partial charge < -0.3 is 4.74 Å². The van der Waals surface area contributed by atoms with Gasteiger partial charge in [-0.3, -0.25) is 0 Å². The number of carbonyl (C=O) groups is 1. The number of ether oxygens (including phenoxy) is 1. The van der Waals surface area contributed by atoms with E-state index < -0.39 is 11.8 Å². The van der Waals surface area contributed by atoms with Crippen molar-refractivity contribution in [2.45, 2.75) is 6.92 Å². The third kappa shape index (κ3) is 2.47. The second kappa shape index (κ2) is 5.01. The van der Waals surface area contributed by atoms with E-state index in [1.54, 1.807) is 19.1 Å². The number of aromatic nitrogens is 2. The molecule has 0 N–H and O–H groups in total. The highest BCUT2D eigenvalue weighted by molar-refractivity contribution is 7.17. The molecule has 0 fully saturated rings. The van der Waals surface area contributed by atoms with Gasteiger partial charge in [0.25, 0.3) is 0 Å². The Hall–Kier alpha value is -1.82. The van der Waals surface area contributed by atoms with Crippen LogP contribution in [0.3, 0.4) is 0 Å². The predicted molar refractivity (Wildman–Crippen MR) is 61.3 cm³/mol. The lowest BCUT2D eigenvalue weighted by atomic mass is 10.3. The molecule has 0 aliphatic rings. The number of hydrogen-bond donors (Lipinski definition) is 0. The van der Waals surface area contributed by atoms with Gasteiger partial charge >= 0.3 is 5.97 Å². The number of halogens is 1. The normalized spacial score (nSPS) is 10.2. The molecule has 0 aromatic carbocycles.